The lowest BCUT2D eigenvalue weighted by Crippen LogP contribution is -2.30. The Balaban J connectivity index is 3.09. The summed E-state index contributed by atoms with van der Waals surface area (Å²) >= 11 is 0. The maximum Gasteiger partial charge on any atom is 0.332 e. The predicted molar refractivity (Wildman–Crippen MR) is 74.6 cm³/mol. The van der Waals surface area contributed by atoms with E-state index in [0.717, 1.165) is 6.54 Å². The number of anilines is 2. The first-order valence-electron chi connectivity index (χ1n) is 5.97. The van der Waals surface area contributed by atoms with Crippen LogP contribution in [-0.4, -0.2) is 53.5 Å². The average Bonchev–Trinajstić information content (AvgIpc) is 2.26. The molecule has 0 radical (unpaired) electrons. The van der Waals surface area contributed by atoms with Crippen LogP contribution >= 0.6 is 0 Å². The SMILES string of the molecule is CNc1nc(C)c([N+](=O)[O-])c(NC(C)CN(C)C)n1. The van der Waals surface area contributed by atoms with E-state index in [1.165, 1.54) is 0 Å². The maximum absolute atomic E-state index is 11.1. The second-order valence-corrected chi connectivity index (χ2v) is 4.64. The summed E-state index contributed by atoms with van der Waals surface area (Å²) in [5, 5.41) is 17.0. The van der Waals surface area contributed by atoms with E-state index in [4.69, 9.17) is 0 Å². The van der Waals surface area contributed by atoms with Gasteiger partial charge in [-0.25, -0.2) is 4.98 Å². The van der Waals surface area contributed by atoms with Gasteiger partial charge in [0.2, 0.25) is 11.8 Å². The van der Waals surface area contributed by atoms with Gasteiger partial charge in [0.15, 0.2) is 0 Å². The summed E-state index contributed by atoms with van der Waals surface area (Å²) in [6.07, 6.45) is 0. The van der Waals surface area contributed by atoms with Gasteiger partial charge in [-0.1, -0.05) is 0 Å². The van der Waals surface area contributed by atoms with Crippen LogP contribution in [-0.2, 0) is 0 Å². The van der Waals surface area contributed by atoms with Gasteiger partial charge in [0.1, 0.15) is 5.69 Å². The molecule has 0 amide bonds. The van der Waals surface area contributed by atoms with Crippen LogP contribution in [0.3, 0.4) is 0 Å². The van der Waals surface area contributed by atoms with Crippen molar-refractivity contribution in [3.05, 3.63) is 15.8 Å². The van der Waals surface area contributed by atoms with Crippen molar-refractivity contribution in [2.45, 2.75) is 19.9 Å². The van der Waals surface area contributed by atoms with Crippen LogP contribution in [0.5, 0.6) is 0 Å². The van der Waals surface area contributed by atoms with Crippen LogP contribution in [0.25, 0.3) is 0 Å². The monoisotopic (exact) mass is 268 g/mol. The Labute approximate surface area is 112 Å². The lowest BCUT2D eigenvalue weighted by molar-refractivity contribution is -0.385. The molecule has 8 nitrogen and oxygen atoms in total. The Kier molecular flexibility index (Phi) is 4.99. The zero-order valence-electron chi connectivity index (χ0n) is 11.9. The van der Waals surface area contributed by atoms with Crippen LogP contribution in [0.1, 0.15) is 12.6 Å². The van der Waals surface area contributed by atoms with E-state index < -0.39 is 4.92 Å². The first kappa shape index (κ1) is 15.1. The molecule has 0 aliphatic carbocycles. The molecule has 1 aromatic rings. The maximum atomic E-state index is 11.1. The molecule has 1 unspecified atom stereocenters. The average molecular weight is 268 g/mol. The number of hydrogen-bond acceptors (Lipinski definition) is 7. The van der Waals surface area contributed by atoms with Gasteiger partial charge in [0.25, 0.3) is 0 Å². The van der Waals surface area contributed by atoms with E-state index in [2.05, 4.69) is 20.6 Å². The molecule has 19 heavy (non-hydrogen) atoms. The lowest BCUT2D eigenvalue weighted by atomic mass is 10.3. The molecule has 0 aliphatic rings. The minimum absolute atomic E-state index is 0.0349. The summed E-state index contributed by atoms with van der Waals surface area (Å²) < 4.78 is 0. The molecular formula is C11H20N6O2. The van der Waals surface area contributed by atoms with Crippen LogP contribution in [0.15, 0.2) is 0 Å². The molecule has 0 spiro atoms. The highest BCUT2D eigenvalue weighted by molar-refractivity contribution is 5.61. The summed E-state index contributed by atoms with van der Waals surface area (Å²) in [5.41, 5.74) is 0.258. The van der Waals surface area contributed by atoms with E-state index >= 15 is 0 Å². The molecule has 1 rings (SSSR count). The summed E-state index contributed by atoms with van der Waals surface area (Å²) in [6, 6.07) is 0.0349. The second kappa shape index (κ2) is 6.28. The Morgan fingerprint density at radius 1 is 1.42 bits per heavy atom. The van der Waals surface area contributed by atoms with E-state index in [1.807, 2.05) is 25.9 Å². The Morgan fingerprint density at radius 3 is 2.53 bits per heavy atom. The molecule has 0 saturated heterocycles. The first-order chi connectivity index (χ1) is 8.85. The molecule has 1 aromatic heterocycles. The zero-order chi connectivity index (χ0) is 14.6. The van der Waals surface area contributed by atoms with E-state index in [1.54, 1.807) is 14.0 Å². The van der Waals surface area contributed by atoms with Gasteiger partial charge in [-0.3, -0.25) is 10.1 Å². The minimum atomic E-state index is -0.459. The first-order valence-corrected chi connectivity index (χ1v) is 5.97. The number of likely N-dealkylation sites (N-methyl/N-ethyl adjacent to an activating group) is 1. The highest BCUT2D eigenvalue weighted by Crippen LogP contribution is 2.26. The van der Waals surface area contributed by atoms with E-state index in [9.17, 15) is 10.1 Å². The number of nitrogens with zero attached hydrogens (tertiary/aromatic N) is 4. The molecule has 0 aliphatic heterocycles. The topological polar surface area (TPSA) is 96.2 Å². The molecule has 0 aromatic carbocycles. The van der Waals surface area contributed by atoms with Gasteiger partial charge in [-0.15, -0.1) is 0 Å². The van der Waals surface area contributed by atoms with Gasteiger partial charge in [0, 0.05) is 19.6 Å². The fourth-order valence-electron chi connectivity index (χ4n) is 1.82. The van der Waals surface area contributed by atoms with Crippen molar-refractivity contribution >= 4 is 17.5 Å². The number of rotatable bonds is 6. The van der Waals surface area contributed by atoms with Crippen LogP contribution in [0, 0.1) is 17.0 Å². The van der Waals surface area contributed by atoms with E-state index in [0.29, 0.717) is 11.6 Å². The number of aryl methyl sites for hydroxylation is 1. The van der Waals surface area contributed by atoms with Crippen molar-refractivity contribution < 1.29 is 4.92 Å². The largest absolute Gasteiger partial charge is 0.360 e. The van der Waals surface area contributed by atoms with Crippen LogP contribution in [0.4, 0.5) is 17.5 Å². The molecule has 0 bridgehead atoms. The fourth-order valence-corrected chi connectivity index (χ4v) is 1.82. The second-order valence-electron chi connectivity index (χ2n) is 4.64. The van der Waals surface area contributed by atoms with Crippen molar-refractivity contribution in [1.29, 1.82) is 0 Å². The minimum Gasteiger partial charge on any atom is -0.360 e. The number of aromatic nitrogens is 2. The van der Waals surface area contributed by atoms with Crippen molar-refractivity contribution in [1.82, 2.24) is 14.9 Å². The number of nitro groups is 1. The van der Waals surface area contributed by atoms with Gasteiger partial charge in [-0.05, 0) is 27.9 Å². The molecule has 1 heterocycles. The summed E-state index contributed by atoms with van der Waals surface area (Å²) in [7, 11) is 5.56. The van der Waals surface area contributed by atoms with Gasteiger partial charge >= 0.3 is 5.69 Å². The van der Waals surface area contributed by atoms with Crippen molar-refractivity contribution in [3.8, 4) is 0 Å². The van der Waals surface area contributed by atoms with Crippen LogP contribution < -0.4 is 10.6 Å². The molecule has 2 N–H and O–H groups in total. The fraction of sp³-hybridized carbons (Fsp3) is 0.636. The third kappa shape index (κ3) is 4.02. The smallest absolute Gasteiger partial charge is 0.332 e. The highest BCUT2D eigenvalue weighted by Gasteiger charge is 2.23. The number of nitrogens with one attached hydrogen (secondary N) is 2. The molecular weight excluding hydrogens is 248 g/mol. The van der Waals surface area contributed by atoms with Gasteiger partial charge in [0.05, 0.1) is 4.92 Å². The molecule has 106 valence electrons. The van der Waals surface area contributed by atoms with E-state index in [-0.39, 0.29) is 17.5 Å². The lowest BCUT2D eigenvalue weighted by Gasteiger charge is -2.19. The van der Waals surface area contributed by atoms with Crippen molar-refractivity contribution in [3.63, 3.8) is 0 Å². The quantitative estimate of drug-likeness (QED) is 0.589. The number of hydrogen-bond donors (Lipinski definition) is 2. The molecule has 8 heteroatoms. The van der Waals surface area contributed by atoms with Crippen LogP contribution in [0.2, 0.25) is 0 Å². The third-order valence-corrected chi connectivity index (χ3v) is 2.49. The third-order valence-electron chi connectivity index (χ3n) is 2.49. The molecule has 0 fully saturated rings. The predicted octanol–water partition coefficient (Wildman–Crippen LogP) is 1.10. The standard InChI is InChI=1S/C11H20N6O2/c1-7(6-16(4)5)13-10-9(17(18)19)8(2)14-11(12-3)15-10/h7H,6H2,1-5H3,(H2,12,13,14,15). The van der Waals surface area contributed by atoms with Gasteiger partial charge in [-0.2, -0.15) is 4.98 Å². The Bertz CT molecular complexity index is 463. The van der Waals surface area contributed by atoms with Crippen molar-refractivity contribution in [2.24, 2.45) is 0 Å². The highest BCUT2D eigenvalue weighted by atomic mass is 16.6. The zero-order valence-corrected chi connectivity index (χ0v) is 11.9. The Morgan fingerprint density at radius 2 is 2.05 bits per heavy atom. The molecule has 1 atom stereocenters. The summed E-state index contributed by atoms with van der Waals surface area (Å²) in [5.74, 6) is 0.610. The summed E-state index contributed by atoms with van der Waals surface area (Å²) in [6.45, 7) is 4.29. The Hall–Kier alpha value is -1.96. The van der Waals surface area contributed by atoms with Crippen molar-refractivity contribution in [2.75, 3.05) is 38.3 Å². The summed E-state index contributed by atoms with van der Waals surface area (Å²) in [4.78, 5) is 20.8. The molecule has 0 saturated carbocycles. The van der Waals surface area contributed by atoms with Gasteiger partial charge < -0.3 is 15.5 Å². The normalized spacial score (nSPS) is 12.3.